The zero-order valence-corrected chi connectivity index (χ0v) is 13.9. The van der Waals surface area contributed by atoms with Crippen LogP contribution in [-0.4, -0.2) is 54.1 Å². The van der Waals surface area contributed by atoms with Gasteiger partial charge in [0, 0.05) is 51.4 Å². The molecule has 0 spiro atoms. The Bertz CT molecular complexity index is 602. The van der Waals surface area contributed by atoms with Crippen molar-refractivity contribution in [2.45, 2.75) is 38.6 Å². The molecule has 0 bridgehead atoms. The number of hydrogen-bond donors (Lipinski definition) is 3. The molecule has 7 nitrogen and oxygen atoms in total. The van der Waals surface area contributed by atoms with E-state index in [0.29, 0.717) is 18.8 Å². The Morgan fingerprint density at radius 3 is 2.74 bits per heavy atom. The van der Waals surface area contributed by atoms with Gasteiger partial charge in [0.05, 0.1) is 5.41 Å². The Hall–Kier alpha value is -1.89. The monoisotopic (exact) mass is 319 g/mol. The van der Waals surface area contributed by atoms with Crippen LogP contribution in [0.15, 0.2) is 0 Å². The topological polar surface area (TPSA) is 90.1 Å². The van der Waals surface area contributed by atoms with Crippen LogP contribution in [0.3, 0.4) is 0 Å². The Kier molecular flexibility index (Phi) is 4.39. The second-order valence-corrected chi connectivity index (χ2v) is 6.83. The van der Waals surface area contributed by atoms with Gasteiger partial charge >= 0.3 is 0 Å². The summed E-state index contributed by atoms with van der Waals surface area (Å²) in [6, 6.07) is 0. The number of amides is 2. The fourth-order valence-corrected chi connectivity index (χ4v) is 3.74. The van der Waals surface area contributed by atoms with Gasteiger partial charge in [0.2, 0.25) is 5.91 Å². The molecule has 1 saturated carbocycles. The second-order valence-electron chi connectivity index (χ2n) is 6.83. The number of carbonyl (C=O) groups is 2. The summed E-state index contributed by atoms with van der Waals surface area (Å²) in [7, 11) is 3.56. The predicted octanol–water partition coefficient (Wildman–Crippen LogP) is 0.434. The van der Waals surface area contributed by atoms with Crippen LogP contribution >= 0.6 is 0 Å². The molecular formula is C16H25N5O2. The van der Waals surface area contributed by atoms with E-state index >= 15 is 0 Å². The van der Waals surface area contributed by atoms with Crippen molar-refractivity contribution in [1.29, 1.82) is 0 Å². The number of fused-ring (bicyclic) bond motifs is 1. The maximum atomic E-state index is 12.5. The Labute approximate surface area is 136 Å². The fourth-order valence-electron chi connectivity index (χ4n) is 3.74. The average Bonchev–Trinajstić information content (AvgIpc) is 3.19. The van der Waals surface area contributed by atoms with Gasteiger partial charge in [-0.05, 0) is 12.8 Å². The van der Waals surface area contributed by atoms with Crippen molar-refractivity contribution in [3.05, 3.63) is 17.0 Å². The molecule has 2 aliphatic rings. The summed E-state index contributed by atoms with van der Waals surface area (Å²) in [5.41, 5.74) is 1.99. The molecule has 1 aromatic rings. The number of H-pyrrole nitrogens is 1. The van der Waals surface area contributed by atoms with E-state index in [1.165, 1.54) is 0 Å². The van der Waals surface area contributed by atoms with E-state index in [0.717, 1.165) is 49.9 Å². The number of hydrogen-bond acceptors (Lipinski definition) is 4. The minimum Gasteiger partial charge on any atom is -0.350 e. The highest BCUT2D eigenvalue weighted by Crippen LogP contribution is 2.39. The Morgan fingerprint density at radius 1 is 1.30 bits per heavy atom. The van der Waals surface area contributed by atoms with Crippen LogP contribution in [0.2, 0.25) is 0 Å². The van der Waals surface area contributed by atoms with Crippen molar-refractivity contribution in [2.75, 3.05) is 27.2 Å². The van der Waals surface area contributed by atoms with E-state index in [1.807, 2.05) is 0 Å². The van der Waals surface area contributed by atoms with Crippen LogP contribution in [0.5, 0.6) is 0 Å². The smallest absolute Gasteiger partial charge is 0.272 e. The van der Waals surface area contributed by atoms with Crippen molar-refractivity contribution < 1.29 is 9.59 Å². The lowest BCUT2D eigenvalue weighted by Crippen LogP contribution is -2.46. The molecule has 1 aliphatic carbocycles. The maximum Gasteiger partial charge on any atom is 0.272 e. The molecule has 7 heteroatoms. The minimum atomic E-state index is -0.451. The first-order valence-electron chi connectivity index (χ1n) is 8.30. The number of aromatic nitrogens is 2. The highest BCUT2D eigenvalue weighted by atomic mass is 16.2. The van der Waals surface area contributed by atoms with Crippen molar-refractivity contribution in [3.8, 4) is 0 Å². The van der Waals surface area contributed by atoms with E-state index in [9.17, 15) is 9.59 Å². The van der Waals surface area contributed by atoms with Crippen molar-refractivity contribution in [3.63, 3.8) is 0 Å². The Morgan fingerprint density at radius 2 is 2.04 bits per heavy atom. The lowest BCUT2D eigenvalue weighted by Gasteiger charge is -2.30. The van der Waals surface area contributed by atoms with Gasteiger partial charge in [-0.2, -0.15) is 5.10 Å². The quantitative estimate of drug-likeness (QED) is 0.751. The first-order valence-corrected chi connectivity index (χ1v) is 8.30. The standard InChI is InChI=1S/C16H25N5O2/c1-21(2)15(23)16(6-3-4-7-16)10-18-14(22)13-11-9-17-8-5-12(11)19-20-13/h17H,3-10H2,1-2H3,(H,18,22)(H,19,20). The molecule has 2 amide bonds. The molecule has 0 saturated heterocycles. The lowest BCUT2D eigenvalue weighted by molar-refractivity contribution is -0.138. The van der Waals surface area contributed by atoms with E-state index in [4.69, 9.17) is 0 Å². The largest absolute Gasteiger partial charge is 0.350 e. The summed E-state index contributed by atoms with van der Waals surface area (Å²) in [4.78, 5) is 26.7. The first-order chi connectivity index (χ1) is 11.0. The molecule has 126 valence electrons. The molecule has 0 atom stereocenters. The van der Waals surface area contributed by atoms with Crippen molar-refractivity contribution in [2.24, 2.45) is 5.41 Å². The second kappa shape index (κ2) is 6.31. The van der Waals surface area contributed by atoms with Gasteiger partial charge in [-0.1, -0.05) is 12.8 Å². The van der Waals surface area contributed by atoms with Gasteiger partial charge in [-0.25, -0.2) is 0 Å². The predicted molar refractivity (Wildman–Crippen MR) is 85.9 cm³/mol. The molecule has 0 aromatic carbocycles. The number of carbonyl (C=O) groups excluding carboxylic acids is 2. The van der Waals surface area contributed by atoms with Gasteiger partial charge < -0.3 is 15.5 Å². The van der Waals surface area contributed by atoms with Gasteiger partial charge in [-0.3, -0.25) is 14.7 Å². The molecule has 1 fully saturated rings. The molecule has 3 rings (SSSR count). The third-order valence-corrected chi connectivity index (χ3v) is 5.03. The highest BCUT2D eigenvalue weighted by Gasteiger charge is 2.42. The summed E-state index contributed by atoms with van der Waals surface area (Å²) in [6.45, 7) is 1.95. The zero-order chi connectivity index (χ0) is 16.4. The van der Waals surface area contributed by atoms with Crippen molar-refractivity contribution in [1.82, 2.24) is 25.7 Å². The van der Waals surface area contributed by atoms with Gasteiger partial charge in [0.15, 0.2) is 5.69 Å². The van der Waals surface area contributed by atoms with E-state index in [1.54, 1.807) is 19.0 Å². The average molecular weight is 319 g/mol. The number of nitrogens with zero attached hydrogens (tertiary/aromatic N) is 2. The zero-order valence-electron chi connectivity index (χ0n) is 13.9. The number of aromatic amines is 1. The van der Waals surface area contributed by atoms with E-state index < -0.39 is 5.41 Å². The van der Waals surface area contributed by atoms with Crippen LogP contribution in [0, 0.1) is 5.41 Å². The molecular weight excluding hydrogens is 294 g/mol. The fraction of sp³-hybridized carbons (Fsp3) is 0.688. The molecule has 1 aromatic heterocycles. The van der Waals surface area contributed by atoms with E-state index in [2.05, 4.69) is 20.8 Å². The molecule has 3 N–H and O–H groups in total. The maximum absolute atomic E-state index is 12.5. The normalized spacial score (nSPS) is 19.2. The SMILES string of the molecule is CN(C)C(=O)C1(CNC(=O)c2n[nH]c3c2CNCC3)CCCC1. The van der Waals surface area contributed by atoms with Crippen LogP contribution in [0.25, 0.3) is 0 Å². The number of rotatable bonds is 4. The minimum absolute atomic E-state index is 0.112. The molecule has 0 radical (unpaired) electrons. The lowest BCUT2D eigenvalue weighted by atomic mass is 9.84. The van der Waals surface area contributed by atoms with Gasteiger partial charge in [0.1, 0.15) is 0 Å². The molecule has 23 heavy (non-hydrogen) atoms. The number of nitrogens with one attached hydrogen (secondary N) is 3. The van der Waals surface area contributed by atoms with Gasteiger partial charge in [0.25, 0.3) is 5.91 Å². The van der Waals surface area contributed by atoms with Crippen LogP contribution < -0.4 is 10.6 Å². The summed E-state index contributed by atoms with van der Waals surface area (Å²) in [5.74, 6) is -0.0787. The molecule has 2 heterocycles. The van der Waals surface area contributed by atoms with Gasteiger partial charge in [-0.15, -0.1) is 0 Å². The third-order valence-electron chi connectivity index (χ3n) is 5.03. The summed E-state index contributed by atoms with van der Waals surface area (Å²) < 4.78 is 0. The summed E-state index contributed by atoms with van der Waals surface area (Å²) in [6.07, 6.45) is 4.61. The molecule has 1 aliphatic heterocycles. The van der Waals surface area contributed by atoms with E-state index in [-0.39, 0.29) is 11.8 Å². The molecule has 0 unspecified atom stereocenters. The van der Waals surface area contributed by atoms with Crippen LogP contribution in [0.1, 0.15) is 47.4 Å². The first kappa shape index (κ1) is 16.0. The van der Waals surface area contributed by atoms with Crippen LogP contribution in [0.4, 0.5) is 0 Å². The third kappa shape index (κ3) is 2.97. The highest BCUT2D eigenvalue weighted by molar-refractivity contribution is 5.94. The Balaban J connectivity index is 1.70. The summed E-state index contributed by atoms with van der Waals surface area (Å²) >= 11 is 0. The van der Waals surface area contributed by atoms with Crippen LogP contribution in [-0.2, 0) is 17.8 Å². The summed E-state index contributed by atoms with van der Waals surface area (Å²) in [5, 5.41) is 13.3. The van der Waals surface area contributed by atoms with Crippen molar-refractivity contribution >= 4 is 11.8 Å².